The van der Waals surface area contributed by atoms with Gasteiger partial charge in [0.2, 0.25) is 0 Å². The number of aromatic nitrogens is 2. The molecule has 4 heteroatoms. The average Bonchev–Trinajstić information content (AvgIpc) is 2.18. The molecule has 0 aliphatic rings. The molecule has 0 spiro atoms. The quantitative estimate of drug-likeness (QED) is 0.744. The van der Waals surface area contributed by atoms with Gasteiger partial charge in [0.25, 0.3) is 0 Å². The highest BCUT2D eigenvalue weighted by molar-refractivity contribution is 5.32. The number of anilines is 1. The van der Waals surface area contributed by atoms with Crippen LogP contribution in [0.15, 0.2) is 6.20 Å². The van der Waals surface area contributed by atoms with E-state index < -0.39 is 0 Å². The van der Waals surface area contributed by atoms with Crippen molar-refractivity contribution in [2.45, 2.75) is 20.3 Å². The van der Waals surface area contributed by atoms with E-state index in [1.807, 2.05) is 13.8 Å². The Kier molecular flexibility index (Phi) is 4.49. The summed E-state index contributed by atoms with van der Waals surface area (Å²) in [4.78, 5) is 10.8. The third-order valence-corrected chi connectivity index (χ3v) is 2.28. The largest absolute Gasteiger partial charge is 0.369 e. The van der Waals surface area contributed by atoms with Gasteiger partial charge in [-0.15, -0.1) is 0 Å². The van der Waals surface area contributed by atoms with Crippen molar-refractivity contribution >= 4 is 5.82 Å². The molecule has 0 aromatic carbocycles. The predicted octanol–water partition coefficient (Wildman–Crippen LogP) is 1.46. The lowest BCUT2D eigenvalue weighted by molar-refractivity contribution is 0.405. The third-order valence-electron chi connectivity index (χ3n) is 2.28. The molecule has 4 nitrogen and oxygen atoms in total. The van der Waals surface area contributed by atoms with Gasteiger partial charge in [-0.2, -0.15) is 0 Å². The van der Waals surface area contributed by atoms with Gasteiger partial charge in [-0.3, -0.25) is 4.98 Å². The first-order valence-electron chi connectivity index (χ1n) is 5.28. The molecule has 0 saturated heterocycles. The molecule has 84 valence electrons. The van der Waals surface area contributed by atoms with Gasteiger partial charge in [0.05, 0.1) is 17.6 Å². The average molecular weight is 208 g/mol. The van der Waals surface area contributed by atoms with Crippen LogP contribution >= 0.6 is 0 Å². The van der Waals surface area contributed by atoms with Gasteiger partial charge >= 0.3 is 0 Å². The minimum atomic E-state index is 0.872. The lowest BCUT2D eigenvalue weighted by Crippen LogP contribution is -2.16. The first-order chi connectivity index (χ1) is 7.09. The maximum Gasteiger partial charge on any atom is 0.144 e. The first kappa shape index (κ1) is 11.9. The fourth-order valence-electron chi connectivity index (χ4n) is 1.24. The zero-order chi connectivity index (χ0) is 11.3. The number of hydrogen-bond acceptors (Lipinski definition) is 4. The van der Waals surface area contributed by atoms with E-state index in [0.717, 1.165) is 36.7 Å². The molecule has 0 atom stereocenters. The van der Waals surface area contributed by atoms with E-state index in [1.165, 1.54) is 0 Å². The fraction of sp³-hybridized carbons (Fsp3) is 0.636. The van der Waals surface area contributed by atoms with Crippen LogP contribution in [0.1, 0.15) is 17.8 Å². The molecule has 1 N–H and O–H groups in total. The standard InChI is InChI=1S/C11H20N4/c1-9-10(2)14-11(8-13-9)12-6-5-7-15(3)4/h8H,5-7H2,1-4H3,(H,12,14). The Morgan fingerprint density at radius 1 is 1.27 bits per heavy atom. The topological polar surface area (TPSA) is 41.1 Å². The van der Waals surface area contributed by atoms with Crippen LogP contribution in [0.3, 0.4) is 0 Å². The van der Waals surface area contributed by atoms with Gasteiger partial charge in [0.15, 0.2) is 0 Å². The van der Waals surface area contributed by atoms with Gasteiger partial charge in [-0.1, -0.05) is 0 Å². The molecule has 15 heavy (non-hydrogen) atoms. The Balaban J connectivity index is 2.35. The summed E-state index contributed by atoms with van der Waals surface area (Å²) in [7, 11) is 4.16. The summed E-state index contributed by atoms with van der Waals surface area (Å²) >= 11 is 0. The molecule has 0 aliphatic heterocycles. The Morgan fingerprint density at radius 3 is 2.60 bits per heavy atom. The second-order valence-corrected chi connectivity index (χ2v) is 4.01. The van der Waals surface area contributed by atoms with Crippen molar-refractivity contribution in [3.8, 4) is 0 Å². The van der Waals surface area contributed by atoms with E-state index in [9.17, 15) is 0 Å². The van der Waals surface area contributed by atoms with Crippen molar-refractivity contribution in [1.82, 2.24) is 14.9 Å². The van der Waals surface area contributed by atoms with Crippen LogP contribution in [0, 0.1) is 13.8 Å². The first-order valence-corrected chi connectivity index (χ1v) is 5.28. The van der Waals surface area contributed by atoms with Crippen molar-refractivity contribution in [2.24, 2.45) is 0 Å². The predicted molar refractivity (Wildman–Crippen MR) is 63.2 cm³/mol. The van der Waals surface area contributed by atoms with E-state index in [-0.39, 0.29) is 0 Å². The number of nitrogens with one attached hydrogen (secondary N) is 1. The molecule has 0 aliphatic carbocycles. The van der Waals surface area contributed by atoms with Crippen LogP contribution in [0.4, 0.5) is 5.82 Å². The Hall–Kier alpha value is -1.16. The van der Waals surface area contributed by atoms with E-state index >= 15 is 0 Å². The number of nitrogens with zero attached hydrogens (tertiary/aromatic N) is 3. The molecule has 0 saturated carbocycles. The Morgan fingerprint density at radius 2 is 2.00 bits per heavy atom. The molecule has 1 aromatic rings. The summed E-state index contributed by atoms with van der Waals surface area (Å²) in [6.45, 7) is 5.98. The minimum Gasteiger partial charge on any atom is -0.369 e. The molecule has 1 heterocycles. The summed E-state index contributed by atoms with van der Waals surface area (Å²) in [5.41, 5.74) is 1.99. The molecular weight excluding hydrogens is 188 g/mol. The number of hydrogen-bond donors (Lipinski definition) is 1. The van der Waals surface area contributed by atoms with E-state index in [2.05, 4.69) is 34.3 Å². The highest BCUT2D eigenvalue weighted by Crippen LogP contribution is 2.05. The van der Waals surface area contributed by atoms with Crippen molar-refractivity contribution in [3.63, 3.8) is 0 Å². The summed E-state index contributed by atoms with van der Waals surface area (Å²) in [6, 6.07) is 0. The lowest BCUT2D eigenvalue weighted by atomic mass is 10.3. The second-order valence-electron chi connectivity index (χ2n) is 4.01. The molecule has 0 radical (unpaired) electrons. The molecule has 1 aromatic heterocycles. The third kappa shape index (κ3) is 4.25. The van der Waals surface area contributed by atoms with Crippen LogP contribution in [0.2, 0.25) is 0 Å². The number of rotatable bonds is 5. The zero-order valence-electron chi connectivity index (χ0n) is 10.0. The van der Waals surface area contributed by atoms with Crippen LogP contribution in [0.5, 0.6) is 0 Å². The van der Waals surface area contributed by atoms with Crippen LogP contribution in [0.25, 0.3) is 0 Å². The summed E-state index contributed by atoms with van der Waals surface area (Å²) in [5.74, 6) is 0.872. The van der Waals surface area contributed by atoms with Crippen LogP contribution in [-0.2, 0) is 0 Å². The maximum atomic E-state index is 4.40. The van der Waals surface area contributed by atoms with Crippen molar-refractivity contribution in [2.75, 3.05) is 32.5 Å². The monoisotopic (exact) mass is 208 g/mol. The van der Waals surface area contributed by atoms with Crippen LogP contribution < -0.4 is 5.32 Å². The maximum absolute atomic E-state index is 4.40. The normalized spacial score (nSPS) is 10.7. The van der Waals surface area contributed by atoms with E-state index in [4.69, 9.17) is 0 Å². The molecular formula is C11H20N4. The SMILES string of the molecule is Cc1ncc(NCCCN(C)C)nc1C. The Labute approximate surface area is 91.7 Å². The highest BCUT2D eigenvalue weighted by atomic mass is 15.1. The summed E-state index contributed by atoms with van der Waals surface area (Å²) in [5, 5.41) is 3.27. The van der Waals surface area contributed by atoms with E-state index in [1.54, 1.807) is 6.20 Å². The molecule has 0 amide bonds. The highest BCUT2D eigenvalue weighted by Gasteiger charge is 1.98. The van der Waals surface area contributed by atoms with E-state index in [0.29, 0.717) is 0 Å². The molecule has 0 fully saturated rings. The van der Waals surface area contributed by atoms with Crippen LogP contribution in [-0.4, -0.2) is 42.1 Å². The van der Waals surface area contributed by atoms with Gasteiger partial charge in [0, 0.05) is 6.54 Å². The van der Waals surface area contributed by atoms with Crippen molar-refractivity contribution < 1.29 is 0 Å². The second kappa shape index (κ2) is 5.66. The lowest BCUT2D eigenvalue weighted by Gasteiger charge is -2.10. The smallest absolute Gasteiger partial charge is 0.144 e. The minimum absolute atomic E-state index is 0.872. The van der Waals surface area contributed by atoms with Gasteiger partial charge in [-0.25, -0.2) is 4.98 Å². The van der Waals surface area contributed by atoms with Gasteiger partial charge in [-0.05, 0) is 40.9 Å². The van der Waals surface area contributed by atoms with Gasteiger partial charge in [0.1, 0.15) is 5.82 Å². The Bertz CT molecular complexity index is 309. The molecule has 0 bridgehead atoms. The fourth-order valence-corrected chi connectivity index (χ4v) is 1.24. The van der Waals surface area contributed by atoms with Gasteiger partial charge < -0.3 is 10.2 Å². The summed E-state index contributed by atoms with van der Waals surface area (Å²) in [6.07, 6.45) is 2.90. The zero-order valence-corrected chi connectivity index (χ0v) is 10.0. The van der Waals surface area contributed by atoms with Crippen molar-refractivity contribution in [1.29, 1.82) is 0 Å². The number of aryl methyl sites for hydroxylation is 2. The molecule has 0 unspecified atom stereocenters. The molecule has 1 rings (SSSR count). The summed E-state index contributed by atoms with van der Waals surface area (Å²) < 4.78 is 0. The van der Waals surface area contributed by atoms with Crippen molar-refractivity contribution in [3.05, 3.63) is 17.6 Å².